The van der Waals surface area contributed by atoms with Crippen LogP contribution in [-0.2, 0) is 4.79 Å². The van der Waals surface area contributed by atoms with Crippen LogP contribution >= 0.6 is 27.5 Å². The molecule has 2 atom stereocenters. The molecule has 1 aromatic carbocycles. The van der Waals surface area contributed by atoms with E-state index in [2.05, 4.69) is 21.2 Å². The van der Waals surface area contributed by atoms with Crippen LogP contribution in [0, 0.1) is 5.41 Å². The van der Waals surface area contributed by atoms with Crippen molar-refractivity contribution in [2.45, 2.75) is 32.2 Å². The lowest BCUT2D eigenvalue weighted by Crippen LogP contribution is -2.44. The van der Waals surface area contributed by atoms with Crippen LogP contribution < -0.4 is 11.1 Å². The molecule has 2 rings (SSSR count). The first-order valence-electron chi connectivity index (χ1n) is 5.95. The van der Waals surface area contributed by atoms with Crippen molar-refractivity contribution in [1.29, 1.82) is 0 Å². The van der Waals surface area contributed by atoms with E-state index in [9.17, 15) is 4.79 Å². The number of nitrogens with one attached hydrogen (secondary N) is 1. The van der Waals surface area contributed by atoms with Gasteiger partial charge in [0.1, 0.15) is 0 Å². The van der Waals surface area contributed by atoms with Crippen molar-refractivity contribution in [2.24, 2.45) is 11.1 Å². The van der Waals surface area contributed by atoms with Gasteiger partial charge in [0.2, 0.25) is 5.91 Å². The highest BCUT2D eigenvalue weighted by atomic mass is 79.9. The number of anilines is 1. The van der Waals surface area contributed by atoms with Crippen LogP contribution in [-0.4, -0.2) is 11.9 Å². The van der Waals surface area contributed by atoms with E-state index in [1.165, 1.54) is 0 Å². The minimum Gasteiger partial charge on any atom is -0.327 e. The lowest BCUT2D eigenvalue weighted by atomic mass is 9.84. The fourth-order valence-electron chi connectivity index (χ4n) is 2.32. The average Bonchev–Trinajstić information content (AvgIpc) is 2.66. The molecule has 1 amide bonds. The van der Waals surface area contributed by atoms with Crippen molar-refractivity contribution < 1.29 is 4.79 Å². The monoisotopic (exact) mass is 330 g/mol. The van der Waals surface area contributed by atoms with E-state index in [0.29, 0.717) is 5.02 Å². The number of hydrogen-bond acceptors (Lipinski definition) is 2. The van der Waals surface area contributed by atoms with E-state index in [1.54, 1.807) is 18.2 Å². The average molecular weight is 332 g/mol. The topological polar surface area (TPSA) is 55.1 Å². The Morgan fingerprint density at radius 3 is 2.89 bits per heavy atom. The molecule has 3 nitrogen and oxygen atoms in total. The van der Waals surface area contributed by atoms with Crippen LogP contribution in [0.3, 0.4) is 0 Å². The molecule has 1 saturated carbocycles. The lowest BCUT2D eigenvalue weighted by Gasteiger charge is -2.27. The Morgan fingerprint density at radius 2 is 2.33 bits per heavy atom. The first-order chi connectivity index (χ1) is 8.43. The summed E-state index contributed by atoms with van der Waals surface area (Å²) in [6.07, 6.45) is 2.76. The maximum Gasteiger partial charge on any atom is 0.231 e. The summed E-state index contributed by atoms with van der Waals surface area (Å²) in [5.41, 5.74) is 6.30. The van der Waals surface area contributed by atoms with E-state index in [0.717, 1.165) is 29.4 Å². The predicted molar refractivity (Wildman–Crippen MR) is 77.7 cm³/mol. The summed E-state index contributed by atoms with van der Waals surface area (Å²) in [5.74, 6) is -0.0123. The van der Waals surface area contributed by atoms with Gasteiger partial charge in [-0.2, -0.15) is 0 Å². The van der Waals surface area contributed by atoms with Crippen molar-refractivity contribution in [2.75, 3.05) is 5.32 Å². The van der Waals surface area contributed by atoms with Crippen LogP contribution in [0.2, 0.25) is 5.02 Å². The zero-order valence-corrected chi connectivity index (χ0v) is 12.5. The third kappa shape index (κ3) is 2.56. The molecule has 0 bridgehead atoms. The van der Waals surface area contributed by atoms with Crippen LogP contribution in [0.25, 0.3) is 0 Å². The number of rotatable bonds is 2. The van der Waals surface area contributed by atoms with Crippen molar-refractivity contribution in [3.8, 4) is 0 Å². The SMILES string of the molecule is CC1(C(=O)Nc2ccc(Cl)c(Br)c2)CCCC1N. The van der Waals surface area contributed by atoms with Crippen LogP contribution in [0.4, 0.5) is 5.69 Å². The van der Waals surface area contributed by atoms with Gasteiger partial charge in [-0.15, -0.1) is 0 Å². The molecule has 3 N–H and O–H groups in total. The molecule has 5 heteroatoms. The van der Waals surface area contributed by atoms with Gasteiger partial charge >= 0.3 is 0 Å². The number of nitrogens with two attached hydrogens (primary N) is 1. The second kappa shape index (κ2) is 5.19. The molecule has 1 fully saturated rings. The Balaban J connectivity index is 2.14. The van der Waals surface area contributed by atoms with E-state index in [1.807, 2.05) is 6.92 Å². The first kappa shape index (κ1) is 13.8. The third-order valence-corrected chi connectivity index (χ3v) is 4.94. The number of carbonyl (C=O) groups is 1. The molecule has 2 unspecified atom stereocenters. The van der Waals surface area contributed by atoms with Crippen molar-refractivity contribution in [3.63, 3.8) is 0 Å². The molecule has 0 spiro atoms. The second-order valence-electron chi connectivity index (χ2n) is 5.00. The normalized spacial score (nSPS) is 27.2. The van der Waals surface area contributed by atoms with E-state index in [4.69, 9.17) is 17.3 Å². The molecular formula is C13H16BrClN2O. The van der Waals surface area contributed by atoms with E-state index in [-0.39, 0.29) is 11.9 Å². The van der Waals surface area contributed by atoms with E-state index < -0.39 is 5.41 Å². The van der Waals surface area contributed by atoms with Crippen molar-refractivity contribution in [1.82, 2.24) is 0 Å². The Labute approximate surface area is 120 Å². The molecule has 98 valence electrons. The molecular weight excluding hydrogens is 316 g/mol. The van der Waals surface area contributed by atoms with Gasteiger partial charge in [-0.3, -0.25) is 4.79 Å². The van der Waals surface area contributed by atoms with E-state index >= 15 is 0 Å². The van der Waals surface area contributed by atoms with Gasteiger partial charge in [-0.25, -0.2) is 0 Å². The maximum absolute atomic E-state index is 12.3. The van der Waals surface area contributed by atoms with Crippen LogP contribution in [0.1, 0.15) is 26.2 Å². The van der Waals surface area contributed by atoms with Crippen molar-refractivity contribution >= 4 is 39.1 Å². The molecule has 0 saturated heterocycles. The summed E-state index contributed by atoms with van der Waals surface area (Å²) >= 11 is 9.25. The molecule has 18 heavy (non-hydrogen) atoms. The fraction of sp³-hybridized carbons (Fsp3) is 0.462. The summed E-state index contributed by atoms with van der Waals surface area (Å²) in [7, 11) is 0. The summed E-state index contributed by atoms with van der Waals surface area (Å²) in [4.78, 5) is 12.3. The number of hydrogen-bond donors (Lipinski definition) is 2. The Bertz CT molecular complexity index is 480. The number of amides is 1. The molecule has 0 aromatic heterocycles. The first-order valence-corrected chi connectivity index (χ1v) is 7.12. The minimum atomic E-state index is -0.466. The van der Waals surface area contributed by atoms with Gasteiger partial charge in [0.25, 0.3) is 0 Å². The zero-order chi connectivity index (χ0) is 13.3. The summed E-state index contributed by atoms with van der Waals surface area (Å²) in [6, 6.07) is 5.27. The standard InChI is InChI=1S/C13H16BrClN2O/c1-13(6-2-3-11(13)16)12(18)17-8-4-5-10(15)9(14)7-8/h4-5,7,11H,2-3,6,16H2,1H3,(H,17,18). The number of benzene rings is 1. The smallest absolute Gasteiger partial charge is 0.231 e. The quantitative estimate of drug-likeness (QED) is 0.870. The highest BCUT2D eigenvalue weighted by molar-refractivity contribution is 9.10. The van der Waals surface area contributed by atoms with Crippen LogP contribution in [0.5, 0.6) is 0 Å². The highest BCUT2D eigenvalue weighted by Gasteiger charge is 2.42. The van der Waals surface area contributed by atoms with Gasteiger partial charge in [-0.1, -0.05) is 18.0 Å². The molecule has 1 aliphatic carbocycles. The molecule has 1 aromatic rings. The number of carbonyl (C=O) groups excluding carboxylic acids is 1. The summed E-state index contributed by atoms with van der Waals surface area (Å²) in [6.45, 7) is 1.94. The van der Waals surface area contributed by atoms with Gasteiger partial charge < -0.3 is 11.1 Å². The summed E-state index contributed by atoms with van der Waals surface area (Å²) < 4.78 is 0.767. The van der Waals surface area contributed by atoms with Gasteiger partial charge in [0, 0.05) is 16.2 Å². The second-order valence-corrected chi connectivity index (χ2v) is 6.26. The van der Waals surface area contributed by atoms with Gasteiger partial charge in [0.15, 0.2) is 0 Å². The predicted octanol–water partition coefficient (Wildman–Crippen LogP) is 3.56. The fourth-order valence-corrected chi connectivity index (χ4v) is 2.82. The van der Waals surface area contributed by atoms with Gasteiger partial charge in [-0.05, 0) is 53.9 Å². The summed E-state index contributed by atoms with van der Waals surface area (Å²) in [5, 5.41) is 3.54. The minimum absolute atomic E-state index is 0.0123. The van der Waals surface area contributed by atoms with Crippen LogP contribution in [0.15, 0.2) is 22.7 Å². The number of halogens is 2. The Hall–Kier alpha value is -0.580. The lowest BCUT2D eigenvalue weighted by molar-refractivity contribution is -0.125. The third-order valence-electron chi connectivity index (χ3n) is 3.73. The Kier molecular flexibility index (Phi) is 3.99. The molecule has 0 heterocycles. The molecule has 1 aliphatic rings. The Morgan fingerprint density at radius 1 is 1.61 bits per heavy atom. The van der Waals surface area contributed by atoms with Crippen molar-refractivity contribution in [3.05, 3.63) is 27.7 Å². The zero-order valence-electron chi connectivity index (χ0n) is 10.2. The maximum atomic E-state index is 12.3. The van der Waals surface area contributed by atoms with Gasteiger partial charge in [0.05, 0.1) is 10.4 Å². The molecule has 0 aliphatic heterocycles. The largest absolute Gasteiger partial charge is 0.327 e. The molecule has 0 radical (unpaired) electrons. The highest BCUT2D eigenvalue weighted by Crippen LogP contribution is 2.38.